The third-order valence-electron chi connectivity index (χ3n) is 5.00. The Hall–Kier alpha value is -4.00. The minimum absolute atomic E-state index is 0.214. The van der Waals surface area contributed by atoms with Gasteiger partial charge in [-0.2, -0.15) is 5.10 Å². The first-order valence-corrected chi connectivity index (χ1v) is 9.95. The van der Waals surface area contributed by atoms with Gasteiger partial charge in [-0.3, -0.25) is 4.79 Å². The molecule has 0 saturated carbocycles. The van der Waals surface area contributed by atoms with Crippen molar-refractivity contribution in [1.82, 2.24) is 20.1 Å². The van der Waals surface area contributed by atoms with Gasteiger partial charge >= 0.3 is 5.97 Å². The molecule has 156 valence electrons. The van der Waals surface area contributed by atoms with Crippen molar-refractivity contribution in [1.29, 1.82) is 0 Å². The fraction of sp³-hybridized carbons (Fsp3) is 0.167. The highest BCUT2D eigenvalue weighted by Crippen LogP contribution is 2.23. The van der Waals surface area contributed by atoms with Crippen molar-refractivity contribution in [3.05, 3.63) is 96.1 Å². The lowest BCUT2D eigenvalue weighted by molar-refractivity contribution is -0.124. The maximum Gasteiger partial charge on any atom is 0.338 e. The number of amides is 1. The van der Waals surface area contributed by atoms with Crippen molar-refractivity contribution in [2.75, 3.05) is 6.61 Å². The molecule has 0 bridgehead atoms. The van der Waals surface area contributed by atoms with E-state index >= 15 is 0 Å². The molecule has 0 aliphatic rings. The van der Waals surface area contributed by atoms with Crippen LogP contribution in [0.1, 0.15) is 34.5 Å². The number of carbonyl (C=O) groups is 2. The number of benzene rings is 3. The van der Waals surface area contributed by atoms with Gasteiger partial charge in [-0.05, 0) is 41.0 Å². The largest absolute Gasteiger partial charge is 0.452 e. The molecule has 0 fully saturated rings. The normalized spacial score (nSPS) is 11.8. The fourth-order valence-electron chi connectivity index (χ4n) is 3.45. The molecule has 7 nitrogen and oxygen atoms in total. The van der Waals surface area contributed by atoms with Crippen molar-refractivity contribution < 1.29 is 14.3 Å². The molecule has 0 radical (unpaired) electrons. The Morgan fingerprint density at radius 1 is 1.03 bits per heavy atom. The number of nitrogens with one attached hydrogen (secondary N) is 1. The van der Waals surface area contributed by atoms with Gasteiger partial charge in [-0.1, -0.05) is 54.6 Å². The van der Waals surface area contributed by atoms with E-state index in [2.05, 4.69) is 15.4 Å². The van der Waals surface area contributed by atoms with Crippen molar-refractivity contribution in [2.24, 2.45) is 0 Å². The average Bonchev–Trinajstić information content (AvgIpc) is 3.30. The van der Waals surface area contributed by atoms with Gasteiger partial charge in [-0.25, -0.2) is 14.5 Å². The molecule has 3 aromatic carbocycles. The van der Waals surface area contributed by atoms with Gasteiger partial charge in [-0.15, -0.1) is 0 Å². The molecule has 1 atom stereocenters. The van der Waals surface area contributed by atoms with Gasteiger partial charge in [0.1, 0.15) is 12.7 Å². The second kappa shape index (κ2) is 9.21. The number of aromatic nitrogens is 3. The lowest BCUT2D eigenvalue weighted by Crippen LogP contribution is -2.31. The summed E-state index contributed by atoms with van der Waals surface area (Å²) in [6.45, 7) is 2.13. The minimum Gasteiger partial charge on any atom is -0.452 e. The molecule has 7 heteroatoms. The third-order valence-corrected chi connectivity index (χ3v) is 5.00. The van der Waals surface area contributed by atoms with Crippen LogP contribution in [0.15, 0.2) is 79.4 Å². The summed E-state index contributed by atoms with van der Waals surface area (Å²) in [6, 6.07) is 20.8. The zero-order valence-electron chi connectivity index (χ0n) is 17.1. The summed E-state index contributed by atoms with van der Waals surface area (Å²) < 4.78 is 6.87. The maximum atomic E-state index is 12.3. The molecule has 31 heavy (non-hydrogen) atoms. The molecule has 1 aromatic heterocycles. The van der Waals surface area contributed by atoms with Crippen LogP contribution in [0.25, 0.3) is 10.8 Å². The summed E-state index contributed by atoms with van der Waals surface area (Å²) in [4.78, 5) is 28.5. The summed E-state index contributed by atoms with van der Waals surface area (Å²) in [5.74, 6) is -0.892. The van der Waals surface area contributed by atoms with Gasteiger partial charge in [0.05, 0.1) is 18.2 Å². The zero-order chi connectivity index (χ0) is 21.6. The van der Waals surface area contributed by atoms with E-state index in [1.165, 1.54) is 6.33 Å². The number of esters is 1. The summed E-state index contributed by atoms with van der Waals surface area (Å²) in [7, 11) is 0. The van der Waals surface area contributed by atoms with E-state index in [0.29, 0.717) is 12.1 Å². The number of carbonyl (C=O) groups excluding carboxylic acids is 2. The molecular weight excluding hydrogens is 392 g/mol. The molecular formula is C24H22N4O3. The molecule has 4 rings (SSSR count). The van der Waals surface area contributed by atoms with Crippen molar-refractivity contribution in [3.63, 3.8) is 0 Å². The van der Waals surface area contributed by atoms with Gasteiger partial charge in [0.15, 0.2) is 6.61 Å². The number of hydrogen-bond donors (Lipinski definition) is 1. The monoisotopic (exact) mass is 414 g/mol. The van der Waals surface area contributed by atoms with Gasteiger partial charge in [0, 0.05) is 0 Å². The third kappa shape index (κ3) is 4.95. The second-order valence-electron chi connectivity index (χ2n) is 7.22. The van der Waals surface area contributed by atoms with Crippen LogP contribution in [0.5, 0.6) is 0 Å². The Labute approximate surface area is 179 Å². The van der Waals surface area contributed by atoms with Crippen molar-refractivity contribution in [2.45, 2.75) is 19.5 Å². The van der Waals surface area contributed by atoms with Crippen LogP contribution in [0.2, 0.25) is 0 Å². The average molecular weight is 414 g/mol. The zero-order valence-corrected chi connectivity index (χ0v) is 17.1. The van der Waals surface area contributed by atoms with E-state index in [9.17, 15) is 9.59 Å². The van der Waals surface area contributed by atoms with E-state index in [0.717, 1.165) is 21.9 Å². The second-order valence-corrected chi connectivity index (χ2v) is 7.22. The summed E-state index contributed by atoms with van der Waals surface area (Å²) in [5, 5.41) is 9.14. The summed E-state index contributed by atoms with van der Waals surface area (Å²) in [5.41, 5.74) is 2.38. The lowest BCUT2D eigenvalue weighted by atomic mass is 10.00. The first-order valence-electron chi connectivity index (χ1n) is 9.95. The molecule has 1 unspecified atom stereocenters. The summed E-state index contributed by atoms with van der Waals surface area (Å²) >= 11 is 0. The van der Waals surface area contributed by atoms with Crippen molar-refractivity contribution >= 4 is 22.6 Å². The highest BCUT2D eigenvalue weighted by molar-refractivity contribution is 5.91. The van der Waals surface area contributed by atoms with E-state index in [1.54, 1.807) is 23.1 Å². The van der Waals surface area contributed by atoms with E-state index in [-0.39, 0.29) is 18.6 Å². The van der Waals surface area contributed by atoms with Crippen LogP contribution >= 0.6 is 0 Å². The van der Waals surface area contributed by atoms with Gasteiger partial charge in [0.25, 0.3) is 5.91 Å². The molecule has 1 heterocycles. The van der Waals surface area contributed by atoms with E-state index in [4.69, 9.17) is 4.74 Å². The summed E-state index contributed by atoms with van der Waals surface area (Å²) in [6.07, 6.45) is 3.10. The highest BCUT2D eigenvalue weighted by atomic mass is 16.5. The van der Waals surface area contributed by atoms with Crippen LogP contribution < -0.4 is 5.32 Å². The quantitative estimate of drug-likeness (QED) is 0.468. The fourth-order valence-corrected chi connectivity index (χ4v) is 3.45. The first kappa shape index (κ1) is 20.3. The number of fused-ring (bicyclic) bond motifs is 1. The van der Waals surface area contributed by atoms with Crippen LogP contribution in [0.4, 0.5) is 0 Å². The Morgan fingerprint density at radius 3 is 2.58 bits per heavy atom. The molecule has 0 aliphatic heterocycles. The predicted octanol–water partition coefficient (Wildman–Crippen LogP) is 3.51. The van der Waals surface area contributed by atoms with Crippen LogP contribution in [0.3, 0.4) is 0 Å². The number of rotatable bonds is 7. The first-order chi connectivity index (χ1) is 15.1. The Morgan fingerprint density at radius 2 is 1.81 bits per heavy atom. The van der Waals surface area contributed by atoms with Crippen molar-refractivity contribution in [3.8, 4) is 0 Å². The predicted molar refractivity (Wildman–Crippen MR) is 116 cm³/mol. The number of nitrogens with zero attached hydrogens (tertiary/aromatic N) is 3. The Balaban J connectivity index is 1.31. The molecule has 1 amide bonds. The molecule has 0 aliphatic carbocycles. The SMILES string of the molecule is CC(NC(=O)COC(=O)c1ccc(Cn2cncn2)cc1)c1cccc2ccccc12. The van der Waals surface area contributed by atoms with E-state index in [1.807, 2.05) is 61.5 Å². The van der Waals surface area contributed by atoms with Crippen LogP contribution in [-0.4, -0.2) is 33.2 Å². The van der Waals surface area contributed by atoms with Gasteiger partial charge in [0.2, 0.25) is 0 Å². The molecule has 0 spiro atoms. The maximum absolute atomic E-state index is 12.3. The Bertz CT molecular complexity index is 1180. The lowest BCUT2D eigenvalue weighted by Gasteiger charge is -2.16. The highest BCUT2D eigenvalue weighted by Gasteiger charge is 2.15. The molecule has 0 saturated heterocycles. The molecule has 1 N–H and O–H groups in total. The Kier molecular flexibility index (Phi) is 6.03. The topological polar surface area (TPSA) is 86.1 Å². The van der Waals surface area contributed by atoms with E-state index < -0.39 is 5.97 Å². The smallest absolute Gasteiger partial charge is 0.338 e. The number of ether oxygens (including phenoxy) is 1. The van der Waals surface area contributed by atoms with Crippen LogP contribution in [-0.2, 0) is 16.1 Å². The minimum atomic E-state index is -0.541. The molecule has 4 aromatic rings. The standard InChI is InChI=1S/C24H22N4O3/c1-17(21-8-4-6-19-5-2-3-7-22(19)21)27-23(29)14-31-24(30)20-11-9-18(10-12-20)13-28-16-25-15-26-28/h2-12,15-17H,13-14H2,1H3,(H,27,29). The van der Waals surface area contributed by atoms with Crippen LogP contribution in [0, 0.1) is 0 Å². The number of hydrogen-bond acceptors (Lipinski definition) is 5. The van der Waals surface area contributed by atoms with Gasteiger partial charge < -0.3 is 10.1 Å².